The van der Waals surface area contributed by atoms with E-state index in [2.05, 4.69) is 0 Å². The number of carboxylic acid groups (broad SMARTS) is 1. The summed E-state index contributed by atoms with van der Waals surface area (Å²) in [7, 11) is -2.21. The molecule has 0 bridgehead atoms. The molecule has 3 rings (SSSR count). The highest BCUT2D eigenvalue weighted by atomic mass is 31.1. The van der Waals surface area contributed by atoms with Gasteiger partial charge in [0.2, 0.25) is 6.16 Å². The number of halogens is 1. The molecule has 2 aromatic carbocycles. The molecule has 8 heteroatoms. The number of hydrogen-bond acceptors (Lipinski definition) is 5. The van der Waals surface area contributed by atoms with Crippen LogP contribution in [0, 0.1) is 5.82 Å². The number of nitrogens with zero attached hydrogens (tertiary/aromatic N) is 1. The highest BCUT2D eigenvalue weighted by molar-refractivity contribution is 7.39. The zero-order chi connectivity index (χ0) is 24.0. The number of aliphatic carboxylic acids is 1. The summed E-state index contributed by atoms with van der Waals surface area (Å²) in [5.41, 5.74) is 4.33. The third-order valence-corrected chi connectivity index (χ3v) is 6.17. The van der Waals surface area contributed by atoms with Crippen molar-refractivity contribution >= 4 is 31.0 Å². The third-order valence-electron chi connectivity index (χ3n) is 5.01. The predicted molar refractivity (Wildman–Crippen MR) is 127 cm³/mol. The van der Waals surface area contributed by atoms with Crippen LogP contribution in [0.4, 0.5) is 4.39 Å². The van der Waals surface area contributed by atoms with Crippen LogP contribution in [-0.4, -0.2) is 40.0 Å². The van der Waals surface area contributed by atoms with Gasteiger partial charge in [-0.3, -0.25) is 9.78 Å². The van der Waals surface area contributed by atoms with Crippen LogP contribution in [0.15, 0.2) is 54.6 Å². The van der Waals surface area contributed by atoms with Crippen LogP contribution in [-0.2, 0) is 13.9 Å². The smallest absolute Gasteiger partial charge is 0.481 e. The molecule has 0 aliphatic heterocycles. The second kappa shape index (κ2) is 11.2. The van der Waals surface area contributed by atoms with Gasteiger partial charge in [-0.25, -0.2) is 4.39 Å². The minimum Gasteiger partial charge on any atom is -0.481 e. The molecular weight excluding hydrogens is 444 g/mol. The van der Waals surface area contributed by atoms with Crippen LogP contribution < -0.4 is 0 Å². The zero-order valence-electron chi connectivity index (χ0n) is 18.4. The molecule has 0 saturated carbocycles. The molecule has 1 aromatic heterocycles. The molecule has 3 aromatic rings. The van der Waals surface area contributed by atoms with E-state index in [0.717, 1.165) is 33.3 Å². The van der Waals surface area contributed by atoms with E-state index >= 15 is 0 Å². The van der Waals surface area contributed by atoms with Crippen molar-refractivity contribution in [2.45, 2.75) is 32.3 Å². The van der Waals surface area contributed by atoms with Gasteiger partial charge >= 0.3 is 14.0 Å². The number of carbonyl (C=O) groups is 1. The first-order valence-electron chi connectivity index (χ1n) is 10.6. The number of hydrogen-bond donors (Lipinski definition) is 2. The normalized spacial score (nSPS) is 13.1. The Bertz CT molecular complexity index is 1180. The lowest BCUT2D eigenvalue weighted by atomic mass is 9.90. The van der Waals surface area contributed by atoms with E-state index in [1.807, 2.05) is 44.2 Å². The molecule has 2 atom stereocenters. The summed E-state index contributed by atoms with van der Waals surface area (Å²) in [6.07, 6.45) is 1.61. The van der Waals surface area contributed by atoms with Gasteiger partial charge in [0.05, 0.1) is 17.6 Å². The van der Waals surface area contributed by atoms with Gasteiger partial charge in [-0.2, -0.15) is 0 Å². The van der Waals surface area contributed by atoms with E-state index in [9.17, 15) is 18.9 Å². The highest BCUT2D eigenvalue weighted by Gasteiger charge is 2.25. The Morgan fingerprint density at radius 2 is 1.88 bits per heavy atom. The first kappa shape index (κ1) is 24.6. The number of aromatic nitrogens is 1. The van der Waals surface area contributed by atoms with Crippen LogP contribution in [0.1, 0.15) is 37.4 Å². The maximum Gasteiger partial charge on any atom is 0.511 e. The molecule has 0 aliphatic rings. The lowest BCUT2D eigenvalue weighted by molar-refractivity contribution is -0.138. The van der Waals surface area contributed by atoms with Crippen molar-refractivity contribution in [2.75, 3.05) is 12.8 Å². The molecule has 0 fully saturated rings. The molecular formula is C25H26FNO5P+. The quantitative estimate of drug-likeness (QED) is 0.365. The average molecular weight is 470 g/mol. The van der Waals surface area contributed by atoms with Gasteiger partial charge in [-0.05, 0) is 34.2 Å². The molecule has 0 amide bonds. The summed E-state index contributed by atoms with van der Waals surface area (Å²) in [6, 6.07) is 14.1. The Kier molecular flexibility index (Phi) is 8.39. The minimum atomic E-state index is -2.21. The Morgan fingerprint density at radius 3 is 2.55 bits per heavy atom. The molecule has 6 nitrogen and oxygen atoms in total. The second-order valence-electron chi connectivity index (χ2n) is 7.93. The van der Waals surface area contributed by atoms with E-state index in [4.69, 9.17) is 14.6 Å². The number of rotatable bonds is 10. The van der Waals surface area contributed by atoms with E-state index in [0.29, 0.717) is 0 Å². The van der Waals surface area contributed by atoms with Crippen molar-refractivity contribution in [1.29, 1.82) is 0 Å². The average Bonchev–Trinajstić information content (AvgIpc) is 2.76. The second-order valence-corrected chi connectivity index (χ2v) is 9.22. The highest BCUT2D eigenvalue weighted by Crippen LogP contribution is 2.36. The van der Waals surface area contributed by atoms with Crippen LogP contribution >= 0.6 is 8.03 Å². The van der Waals surface area contributed by atoms with Crippen LogP contribution in [0.2, 0.25) is 0 Å². The van der Waals surface area contributed by atoms with Crippen molar-refractivity contribution in [3.63, 3.8) is 0 Å². The summed E-state index contributed by atoms with van der Waals surface area (Å²) in [6.45, 7) is 4.10. The SMILES string of the molecule is CC(C)c1nc2ccccc2c(-c2ccc(F)cc2)c1/C=C/CO[P+](=O)C[C@@H](O)CC(=O)O. The minimum absolute atomic E-state index is 0.0161. The fraction of sp³-hybridized carbons (Fsp3) is 0.280. The van der Waals surface area contributed by atoms with E-state index in [-0.39, 0.29) is 24.5 Å². The number of fused-ring (bicyclic) bond motifs is 1. The zero-order valence-corrected chi connectivity index (χ0v) is 19.3. The predicted octanol–water partition coefficient (Wildman–Crippen LogP) is 5.77. The summed E-state index contributed by atoms with van der Waals surface area (Å²) < 4.78 is 30.9. The van der Waals surface area contributed by atoms with Gasteiger partial charge in [0.25, 0.3) is 0 Å². The van der Waals surface area contributed by atoms with Gasteiger partial charge in [0, 0.05) is 16.5 Å². The van der Waals surface area contributed by atoms with Crippen LogP contribution in [0.3, 0.4) is 0 Å². The van der Waals surface area contributed by atoms with E-state index in [1.54, 1.807) is 18.2 Å². The molecule has 0 spiro atoms. The lowest BCUT2D eigenvalue weighted by Gasteiger charge is -2.17. The monoisotopic (exact) mass is 470 g/mol. The van der Waals surface area contributed by atoms with Crippen molar-refractivity contribution in [3.8, 4) is 11.1 Å². The van der Waals surface area contributed by atoms with Crippen LogP contribution in [0.25, 0.3) is 28.1 Å². The molecule has 0 saturated heterocycles. The lowest BCUT2D eigenvalue weighted by Crippen LogP contribution is -2.15. The summed E-state index contributed by atoms with van der Waals surface area (Å²) in [5.74, 6) is -1.37. The van der Waals surface area contributed by atoms with Gasteiger partial charge < -0.3 is 10.2 Å². The van der Waals surface area contributed by atoms with Gasteiger partial charge in [0.1, 0.15) is 18.5 Å². The van der Waals surface area contributed by atoms with Crippen molar-refractivity contribution in [1.82, 2.24) is 4.98 Å². The fourth-order valence-corrected chi connectivity index (χ4v) is 4.40. The Hall–Kier alpha value is -2.99. The van der Waals surface area contributed by atoms with E-state index in [1.165, 1.54) is 12.1 Å². The van der Waals surface area contributed by atoms with Crippen molar-refractivity contribution in [2.24, 2.45) is 0 Å². The van der Waals surface area contributed by atoms with E-state index < -0.39 is 26.5 Å². The number of carboxylic acids is 1. The molecule has 0 aliphatic carbocycles. The largest absolute Gasteiger partial charge is 0.511 e. The topological polar surface area (TPSA) is 96.7 Å². The third kappa shape index (κ3) is 6.51. The first-order chi connectivity index (χ1) is 15.8. The Morgan fingerprint density at radius 1 is 1.18 bits per heavy atom. The molecule has 1 unspecified atom stereocenters. The molecule has 33 heavy (non-hydrogen) atoms. The van der Waals surface area contributed by atoms with Crippen molar-refractivity contribution < 1.29 is 28.5 Å². The number of benzene rings is 2. The fourth-order valence-electron chi connectivity index (χ4n) is 3.57. The Balaban J connectivity index is 1.93. The van der Waals surface area contributed by atoms with Crippen molar-refractivity contribution in [3.05, 3.63) is 71.7 Å². The van der Waals surface area contributed by atoms with Crippen LogP contribution in [0.5, 0.6) is 0 Å². The molecule has 172 valence electrons. The molecule has 1 heterocycles. The maximum absolute atomic E-state index is 13.6. The number of pyridine rings is 1. The van der Waals surface area contributed by atoms with Gasteiger partial charge in [-0.15, -0.1) is 4.52 Å². The summed E-state index contributed by atoms with van der Waals surface area (Å²) in [4.78, 5) is 15.5. The first-order valence-corrected chi connectivity index (χ1v) is 11.9. The number of aliphatic hydroxyl groups excluding tert-OH is 1. The van der Waals surface area contributed by atoms with Gasteiger partial charge in [-0.1, -0.05) is 56.3 Å². The summed E-state index contributed by atoms with van der Waals surface area (Å²) >= 11 is 0. The number of para-hydroxylation sites is 1. The number of aliphatic hydroxyl groups is 1. The molecule has 2 N–H and O–H groups in total. The Labute approximate surface area is 192 Å². The van der Waals surface area contributed by atoms with Gasteiger partial charge in [0.15, 0.2) is 0 Å². The maximum atomic E-state index is 13.6. The standard InChI is InChI=1S/C25H25FNO5P/c1-16(2)25-21(7-5-13-32-33(31)15-19(28)14-23(29)30)24(17-9-11-18(26)12-10-17)20-6-3-4-8-22(20)27-25/h3-12,16,19,28H,13-15H2,1-2H3/p+1/b7-5+/t19-/m0/s1. The summed E-state index contributed by atoms with van der Waals surface area (Å²) in [5, 5.41) is 19.2. The molecule has 0 radical (unpaired) electrons.